The van der Waals surface area contributed by atoms with Crippen molar-refractivity contribution < 1.29 is 9.53 Å². The number of rotatable bonds is 3. The van der Waals surface area contributed by atoms with Crippen LogP contribution in [-0.4, -0.2) is 5.78 Å². The minimum absolute atomic E-state index is 0.367. The number of para-hydroxylation sites is 1. The van der Waals surface area contributed by atoms with Crippen molar-refractivity contribution in [2.75, 3.05) is 0 Å². The van der Waals surface area contributed by atoms with Crippen LogP contribution in [0.3, 0.4) is 0 Å². The molecule has 1 saturated carbocycles. The van der Waals surface area contributed by atoms with Crippen LogP contribution < -0.4 is 4.74 Å². The van der Waals surface area contributed by atoms with Gasteiger partial charge in [0.05, 0.1) is 0 Å². The molecule has 0 aromatic heterocycles. The second-order valence-electron chi connectivity index (χ2n) is 4.97. The minimum atomic E-state index is 0.367. The fourth-order valence-corrected chi connectivity index (χ4v) is 2.56. The maximum atomic E-state index is 11.4. The van der Waals surface area contributed by atoms with E-state index in [9.17, 15) is 4.79 Å². The lowest BCUT2D eigenvalue weighted by Gasteiger charge is -2.11. The van der Waals surface area contributed by atoms with Gasteiger partial charge >= 0.3 is 0 Å². The highest BCUT2D eigenvalue weighted by molar-refractivity contribution is 5.81. The van der Waals surface area contributed by atoms with Gasteiger partial charge in [0.15, 0.2) is 0 Å². The number of hydrogen-bond acceptors (Lipinski definition) is 2. The maximum absolute atomic E-state index is 11.4. The summed E-state index contributed by atoms with van der Waals surface area (Å²) in [5.74, 6) is 2.41. The zero-order valence-electron chi connectivity index (χ0n) is 10.7. The van der Waals surface area contributed by atoms with E-state index in [4.69, 9.17) is 4.74 Å². The molecule has 0 radical (unpaired) electrons. The second-order valence-corrected chi connectivity index (χ2v) is 4.97. The Kier molecular flexibility index (Phi) is 3.32. The van der Waals surface area contributed by atoms with Crippen LogP contribution in [0.2, 0.25) is 0 Å². The van der Waals surface area contributed by atoms with E-state index in [1.165, 1.54) is 5.56 Å². The van der Waals surface area contributed by atoms with Crippen molar-refractivity contribution >= 4 is 5.78 Å². The van der Waals surface area contributed by atoms with Gasteiger partial charge in [-0.2, -0.15) is 0 Å². The lowest BCUT2D eigenvalue weighted by Crippen LogP contribution is -1.94. The fraction of sp³-hybridized carbons (Fsp3) is 0.235. The van der Waals surface area contributed by atoms with Crippen LogP contribution in [0.4, 0.5) is 0 Å². The van der Waals surface area contributed by atoms with Crippen molar-refractivity contribution in [2.24, 2.45) is 0 Å². The third kappa shape index (κ3) is 2.84. The van der Waals surface area contributed by atoms with Crippen molar-refractivity contribution in [3.8, 4) is 11.5 Å². The highest BCUT2D eigenvalue weighted by atomic mass is 16.5. The Bertz CT molecular complexity index is 575. The van der Waals surface area contributed by atoms with Gasteiger partial charge in [0, 0.05) is 12.8 Å². The van der Waals surface area contributed by atoms with E-state index >= 15 is 0 Å². The van der Waals surface area contributed by atoms with Gasteiger partial charge in [0.25, 0.3) is 0 Å². The molecule has 0 saturated heterocycles. The summed E-state index contributed by atoms with van der Waals surface area (Å²) in [6, 6.07) is 17.8. The Hall–Kier alpha value is -2.09. The predicted molar refractivity (Wildman–Crippen MR) is 74.6 cm³/mol. The summed E-state index contributed by atoms with van der Waals surface area (Å²) in [7, 11) is 0. The van der Waals surface area contributed by atoms with E-state index in [0.717, 1.165) is 17.9 Å². The quantitative estimate of drug-likeness (QED) is 0.813. The third-order valence-corrected chi connectivity index (χ3v) is 3.55. The molecule has 1 fully saturated rings. The molecule has 2 heteroatoms. The summed E-state index contributed by atoms with van der Waals surface area (Å²) >= 11 is 0. The number of carbonyl (C=O) groups is 1. The normalized spacial score (nSPS) is 18.5. The monoisotopic (exact) mass is 252 g/mol. The van der Waals surface area contributed by atoms with E-state index in [1.807, 2.05) is 42.5 Å². The van der Waals surface area contributed by atoms with Gasteiger partial charge in [-0.25, -0.2) is 0 Å². The molecule has 0 amide bonds. The summed E-state index contributed by atoms with van der Waals surface area (Å²) in [6.07, 6.45) is 2.36. The van der Waals surface area contributed by atoms with Gasteiger partial charge in [0.1, 0.15) is 17.3 Å². The summed E-state index contributed by atoms with van der Waals surface area (Å²) in [5, 5.41) is 0. The highest BCUT2D eigenvalue weighted by Gasteiger charge is 2.23. The molecule has 1 atom stereocenters. The van der Waals surface area contributed by atoms with E-state index in [1.54, 1.807) is 0 Å². The predicted octanol–water partition coefficient (Wildman–Crippen LogP) is 4.32. The van der Waals surface area contributed by atoms with E-state index in [0.29, 0.717) is 24.5 Å². The number of benzene rings is 2. The molecule has 2 nitrogen and oxygen atoms in total. The van der Waals surface area contributed by atoms with Gasteiger partial charge in [-0.05, 0) is 42.2 Å². The second kappa shape index (κ2) is 5.27. The molecule has 0 N–H and O–H groups in total. The van der Waals surface area contributed by atoms with Gasteiger partial charge < -0.3 is 4.74 Å². The Morgan fingerprint density at radius 3 is 2.47 bits per heavy atom. The SMILES string of the molecule is O=C1CCC(c2cccc(Oc3ccccc3)c2)C1. The van der Waals surface area contributed by atoms with E-state index in [2.05, 4.69) is 12.1 Å². The van der Waals surface area contributed by atoms with Gasteiger partial charge in [-0.15, -0.1) is 0 Å². The minimum Gasteiger partial charge on any atom is -0.457 e. The number of ether oxygens (including phenoxy) is 1. The number of carbonyl (C=O) groups excluding carboxylic acids is 1. The van der Waals surface area contributed by atoms with Crippen LogP contribution in [0, 0.1) is 0 Å². The van der Waals surface area contributed by atoms with E-state index in [-0.39, 0.29) is 0 Å². The first kappa shape index (κ1) is 12.0. The molecule has 2 aromatic rings. The topological polar surface area (TPSA) is 26.3 Å². The summed E-state index contributed by atoms with van der Waals surface area (Å²) in [4.78, 5) is 11.4. The summed E-state index contributed by atoms with van der Waals surface area (Å²) in [5.41, 5.74) is 1.21. The first-order valence-corrected chi connectivity index (χ1v) is 6.66. The molecule has 0 heterocycles. The van der Waals surface area contributed by atoms with E-state index < -0.39 is 0 Å². The van der Waals surface area contributed by atoms with Crippen LogP contribution in [0.25, 0.3) is 0 Å². The molecule has 0 aliphatic heterocycles. The molecule has 1 aliphatic carbocycles. The van der Waals surface area contributed by atoms with Crippen LogP contribution in [0.5, 0.6) is 11.5 Å². The van der Waals surface area contributed by atoms with Crippen LogP contribution >= 0.6 is 0 Å². The average molecular weight is 252 g/mol. The lowest BCUT2D eigenvalue weighted by molar-refractivity contribution is -0.117. The maximum Gasteiger partial charge on any atom is 0.133 e. The Morgan fingerprint density at radius 1 is 0.947 bits per heavy atom. The number of Topliss-reactive ketones (excluding diaryl/α,β-unsaturated/α-hetero) is 1. The van der Waals surface area contributed by atoms with Crippen molar-refractivity contribution in [1.82, 2.24) is 0 Å². The molecule has 2 aromatic carbocycles. The number of ketones is 1. The first-order valence-electron chi connectivity index (χ1n) is 6.66. The van der Waals surface area contributed by atoms with Crippen molar-refractivity contribution in [1.29, 1.82) is 0 Å². The first-order chi connectivity index (χ1) is 9.31. The molecule has 3 rings (SSSR count). The molecule has 1 aliphatic rings. The zero-order valence-corrected chi connectivity index (χ0v) is 10.7. The Morgan fingerprint density at radius 2 is 1.74 bits per heavy atom. The standard InChI is InChI=1S/C17H16O2/c18-15-10-9-14(11-15)13-5-4-8-17(12-13)19-16-6-2-1-3-7-16/h1-8,12,14H,9-11H2. The Labute approximate surface area is 113 Å². The van der Waals surface area contributed by atoms with Crippen molar-refractivity contribution in [3.05, 3.63) is 60.2 Å². The molecule has 19 heavy (non-hydrogen) atoms. The van der Waals surface area contributed by atoms with Gasteiger partial charge in [-0.3, -0.25) is 4.79 Å². The molecular formula is C17H16O2. The molecule has 96 valence electrons. The summed E-state index contributed by atoms with van der Waals surface area (Å²) < 4.78 is 5.82. The Balaban J connectivity index is 1.78. The fourth-order valence-electron chi connectivity index (χ4n) is 2.56. The largest absolute Gasteiger partial charge is 0.457 e. The van der Waals surface area contributed by atoms with Gasteiger partial charge in [-0.1, -0.05) is 30.3 Å². The molecule has 0 bridgehead atoms. The van der Waals surface area contributed by atoms with Crippen LogP contribution in [0.15, 0.2) is 54.6 Å². The average Bonchev–Trinajstić information content (AvgIpc) is 2.87. The van der Waals surface area contributed by atoms with Crippen molar-refractivity contribution in [2.45, 2.75) is 25.2 Å². The number of hydrogen-bond donors (Lipinski definition) is 0. The third-order valence-electron chi connectivity index (χ3n) is 3.55. The van der Waals surface area contributed by atoms with Crippen LogP contribution in [-0.2, 0) is 4.79 Å². The molecule has 0 spiro atoms. The lowest BCUT2D eigenvalue weighted by atomic mass is 9.97. The van der Waals surface area contributed by atoms with Crippen LogP contribution in [0.1, 0.15) is 30.7 Å². The summed E-state index contributed by atoms with van der Waals surface area (Å²) in [6.45, 7) is 0. The van der Waals surface area contributed by atoms with Gasteiger partial charge in [0.2, 0.25) is 0 Å². The highest BCUT2D eigenvalue weighted by Crippen LogP contribution is 2.34. The zero-order chi connectivity index (χ0) is 13.1. The smallest absolute Gasteiger partial charge is 0.133 e. The van der Waals surface area contributed by atoms with Crippen molar-refractivity contribution in [3.63, 3.8) is 0 Å². The molecular weight excluding hydrogens is 236 g/mol. The molecule has 1 unspecified atom stereocenters.